The van der Waals surface area contributed by atoms with E-state index in [0.29, 0.717) is 31.9 Å². The molecule has 1 atom stereocenters. The van der Waals surface area contributed by atoms with Crippen molar-refractivity contribution in [3.8, 4) is 0 Å². The molecule has 156 valence electrons. The van der Waals surface area contributed by atoms with Gasteiger partial charge in [0.2, 0.25) is 0 Å². The first-order valence-corrected chi connectivity index (χ1v) is 9.80. The number of pyridine rings is 1. The number of ether oxygens (including phenoxy) is 1. The van der Waals surface area contributed by atoms with E-state index in [1.165, 1.54) is 29.2 Å². The molecular formula is C22H22FN3O4. The van der Waals surface area contributed by atoms with Crippen LogP contribution in [0.4, 0.5) is 4.39 Å². The number of aliphatic hydroxyl groups excluding tert-OH is 1. The van der Waals surface area contributed by atoms with Crippen LogP contribution in [0.15, 0.2) is 54.4 Å². The third-order valence-corrected chi connectivity index (χ3v) is 5.42. The number of amides is 1. The highest BCUT2D eigenvalue weighted by atomic mass is 19.1. The number of hydrogen-bond acceptors (Lipinski definition) is 6. The number of aliphatic hydroxyl groups is 1. The van der Waals surface area contributed by atoms with Crippen molar-refractivity contribution in [1.29, 1.82) is 0 Å². The molecule has 2 fully saturated rings. The predicted octanol–water partition coefficient (Wildman–Crippen LogP) is 1.97. The molecule has 0 saturated carbocycles. The van der Waals surface area contributed by atoms with E-state index in [1.807, 2.05) is 0 Å². The van der Waals surface area contributed by atoms with Crippen LogP contribution in [0.3, 0.4) is 0 Å². The van der Waals surface area contributed by atoms with Crippen molar-refractivity contribution in [3.05, 3.63) is 71.3 Å². The summed E-state index contributed by atoms with van der Waals surface area (Å²) in [7, 11) is 0. The molecule has 2 aliphatic heterocycles. The normalized spacial score (nSPS) is 21.9. The van der Waals surface area contributed by atoms with E-state index in [1.54, 1.807) is 24.5 Å². The van der Waals surface area contributed by atoms with Crippen LogP contribution in [0.1, 0.15) is 17.2 Å². The second-order valence-electron chi connectivity index (χ2n) is 7.24. The number of carbonyl (C=O) groups is 2. The van der Waals surface area contributed by atoms with E-state index in [9.17, 15) is 19.1 Å². The van der Waals surface area contributed by atoms with E-state index in [0.717, 1.165) is 13.1 Å². The summed E-state index contributed by atoms with van der Waals surface area (Å²) in [6.07, 6.45) is 3.18. The molecule has 1 amide bonds. The summed E-state index contributed by atoms with van der Waals surface area (Å²) < 4.78 is 18.7. The summed E-state index contributed by atoms with van der Waals surface area (Å²) in [5, 5.41) is 10.9. The Kier molecular flexibility index (Phi) is 5.87. The van der Waals surface area contributed by atoms with Crippen molar-refractivity contribution < 1.29 is 23.8 Å². The number of likely N-dealkylation sites (tertiary alicyclic amines) is 1. The first kappa shape index (κ1) is 20.2. The lowest BCUT2D eigenvalue weighted by molar-refractivity contribution is -0.140. The molecule has 30 heavy (non-hydrogen) atoms. The number of nitrogens with zero attached hydrogens (tertiary/aromatic N) is 3. The minimum absolute atomic E-state index is 0.0124. The molecule has 1 aromatic carbocycles. The monoisotopic (exact) mass is 411 g/mol. The molecule has 0 spiro atoms. The summed E-state index contributed by atoms with van der Waals surface area (Å²) in [6, 6.07) is 7.88. The maximum atomic E-state index is 13.3. The van der Waals surface area contributed by atoms with Crippen LogP contribution >= 0.6 is 0 Å². The van der Waals surface area contributed by atoms with Crippen molar-refractivity contribution in [2.24, 2.45) is 0 Å². The number of carbonyl (C=O) groups excluding carboxylic acids is 2. The van der Waals surface area contributed by atoms with Gasteiger partial charge in [0.05, 0.1) is 24.8 Å². The number of halogens is 1. The van der Waals surface area contributed by atoms with Crippen molar-refractivity contribution >= 4 is 17.4 Å². The van der Waals surface area contributed by atoms with E-state index < -0.39 is 23.5 Å². The van der Waals surface area contributed by atoms with Crippen LogP contribution in [0.5, 0.6) is 0 Å². The van der Waals surface area contributed by atoms with E-state index in [2.05, 4.69) is 9.88 Å². The summed E-state index contributed by atoms with van der Waals surface area (Å²) in [4.78, 5) is 33.5. The standard InChI is InChI=1S/C22H22FN3O4/c23-17-5-3-15(4-6-17)20(27)18-19(16-2-1-7-24-14-16)26(22(29)21(18)28)9-8-25-10-12-30-13-11-25/h1-7,14,19,27H,8-13H2/b20-18+/t19-/m1/s1. The summed E-state index contributed by atoms with van der Waals surface area (Å²) in [5.74, 6) is -2.20. The Hall–Kier alpha value is -3.10. The molecule has 1 aromatic heterocycles. The molecule has 8 heteroatoms. The van der Waals surface area contributed by atoms with Crippen molar-refractivity contribution in [3.63, 3.8) is 0 Å². The molecule has 1 N–H and O–H groups in total. The van der Waals surface area contributed by atoms with Gasteiger partial charge in [-0.15, -0.1) is 0 Å². The fourth-order valence-corrected chi connectivity index (χ4v) is 3.83. The van der Waals surface area contributed by atoms with Crippen LogP contribution in [0, 0.1) is 5.82 Å². The zero-order valence-corrected chi connectivity index (χ0v) is 16.3. The molecule has 2 aliphatic rings. The molecule has 0 bridgehead atoms. The molecule has 7 nitrogen and oxygen atoms in total. The number of benzene rings is 1. The van der Waals surface area contributed by atoms with Gasteiger partial charge in [-0.1, -0.05) is 6.07 Å². The van der Waals surface area contributed by atoms with Crippen molar-refractivity contribution in [1.82, 2.24) is 14.8 Å². The minimum Gasteiger partial charge on any atom is -0.507 e. The van der Waals surface area contributed by atoms with Crippen LogP contribution in [0.25, 0.3) is 5.76 Å². The largest absolute Gasteiger partial charge is 0.507 e. The van der Waals surface area contributed by atoms with Crippen LogP contribution in [0.2, 0.25) is 0 Å². The summed E-state index contributed by atoms with van der Waals surface area (Å²) in [5.41, 5.74) is 0.889. The van der Waals surface area contributed by atoms with Crippen molar-refractivity contribution in [2.45, 2.75) is 6.04 Å². The maximum absolute atomic E-state index is 13.3. The third kappa shape index (κ3) is 3.96. The molecule has 3 heterocycles. The fourth-order valence-electron chi connectivity index (χ4n) is 3.83. The highest BCUT2D eigenvalue weighted by molar-refractivity contribution is 6.46. The third-order valence-electron chi connectivity index (χ3n) is 5.42. The average molecular weight is 411 g/mol. The average Bonchev–Trinajstić information content (AvgIpc) is 3.04. The first-order chi connectivity index (χ1) is 14.6. The zero-order valence-electron chi connectivity index (χ0n) is 16.3. The smallest absolute Gasteiger partial charge is 0.295 e. The van der Waals surface area contributed by atoms with Gasteiger partial charge in [0.15, 0.2) is 0 Å². The molecule has 4 rings (SSSR count). The molecule has 0 unspecified atom stereocenters. The predicted molar refractivity (Wildman–Crippen MR) is 107 cm³/mol. The molecule has 0 aliphatic carbocycles. The lowest BCUT2D eigenvalue weighted by atomic mass is 9.96. The Morgan fingerprint density at radius 3 is 2.53 bits per heavy atom. The summed E-state index contributed by atoms with van der Waals surface area (Å²) in [6.45, 7) is 3.70. The second-order valence-corrected chi connectivity index (χ2v) is 7.24. The zero-order chi connectivity index (χ0) is 21.1. The first-order valence-electron chi connectivity index (χ1n) is 9.80. The lowest BCUT2D eigenvalue weighted by Crippen LogP contribution is -2.42. The number of ketones is 1. The number of Topliss-reactive ketones (excluding diaryl/α,β-unsaturated/α-hetero) is 1. The molecule has 2 saturated heterocycles. The Morgan fingerprint density at radius 1 is 1.13 bits per heavy atom. The minimum atomic E-state index is -0.759. The van der Waals surface area contributed by atoms with Gasteiger partial charge in [-0.25, -0.2) is 4.39 Å². The van der Waals surface area contributed by atoms with Gasteiger partial charge < -0.3 is 14.7 Å². The van der Waals surface area contributed by atoms with Gasteiger partial charge in [0, 0.05) is 44.1 Å². The van der Waals surface area contributed by atoms with Gasteiger partial charge in [0.25, 0.3) is 11.7 Å². The highest BCUT2D eigenvalue weighted by Crippen LogP contribution is 2.38. The van der Waals surface area contributed by atoms with Crippen LogP contribution < -0.4 is 0 Å². The van der Waals surface area contributed by atoms with Crippen LogP contribution in [-0.2, 0) is 14.3 Å². The van der Waals surface area contributed by atoms with Gasteiger partial charge in [0.1, 0.15) is 11.6 Å². The number of rotatable bonds is 5. The molecule has 0 radical (unpaired) electrons. The Bertz CT molecular complexity index is 956. The van der Waals surface area contributed by atoms with Gasteiger partial charge in [-0.05, 0) is 35.9 Å². The highest BCUT2D eigenvalue weighted by Gasteiger charge is 2.46. The SMILES string of the molecule is O=C1C(=O)N(CCN2CCOCC2)[C@H](c2cccnc2)/C1=C(\O)c1ccc(F)cc1. The lowest BCUT2D eigenvalue weighted by Gasteiger charge is -2.30. The van der Waals surface area contributed by atoms with Gasteiger partial charge in [-0.3, -0.25) is 19.5 Å². The van der Waals surface area contributed by atoms with E-state index in [4.69, 9.17) is 4.74 Å². The Labute approximate surface area is 173 Å². The van der Waals surface area contributed by atoms with Crippen molar-refractivity contribution in [2.75, 3.05) is 39.4 Å². The number of aromatic nitrogens is 1. The number of morpholine rings is 1. The summed E-state index contributed by atoms with van der Waals surface area (Å²) >= 11 is 0. The van der Waals surface area contributed by atoms with Gasteiger partial charge >= 0.3 is 0 Å². The Morgan fingerprint density at radius 2 is 1.87 bits per heavy atom. The quantitative estimate of drug-likeness (QED) is 0.460. The number of hydrogen-bond donors (Lipinski definition) is 1. The Balaban J connectivity index is 1.71. The van der Waals surface area contributed by atoms with E-state index in [-0.39, 0.29) is 16.9 Å². The fraction of sp³-hybridized carbons (Fsp3) is 0.318. The molecular weight excluding hydrogens is 389 g/mol. The second kappa shape index (κ2) is 8.73. The van der Waals surface area contributed by atoms with Crippen LogP contribution in [-0.4, -0.2) is 71.0 Å². The topological polar surface area (TPSA) is 83.0 Å². The maximum Gasteiger partial charge on any atom is 0.295 e. The van der Waals surface area contributed by atoms with Gasteiger partial charge in [-0.2, -0.15) is 0 Å². The molecule has 2 aromatic rings. The van der Waals surface area contributed by atoms with E-state index >= 15 is 0 Å².